The van der Waals surface area contributed by atoms with Gasteiger partial charge in [0.15, 0.2) is 0 Å². The highest BCUT2D eigenvalue weighted by Gasteiger charge is 2.05. The summed E-state index contributed by atoms with van der Waals surface area (Å²) in [5.41, 5.74) is 0.703. The minimum absolute atomic E-state index is 0.0243. The van der Waals surface area contributed by atoms with E-state index in [0.717, 1.165) is 19.6 Å². The Kier molecular flexibility index (Phi) is 7.62. The molecular weight excluding hydrogens is 244 g/mol. The number of amides is 1. The van der Waals surface area contributed by atoms with Gasteiger partial charge >= 0.3 is 0 Å². The van der Waals surface area contributed by atoms with E-state index in [-0.39, 0.29) is 5.91 Å². The van der Waals surface area contributed by atoms with Crippen molar-refractivity contribution in [3.05, 3.63) is 24.3 Å². The molecule has 0 unspecified atom stereocenters. The Hall–Kier alpha value is -1.59. The Morgan fingerprint density at radius 1 is 1.21 bits per heavy atom. The molecule has 1 aromatic rings. The monoisotopic (exact) mass is 266 g/mol. The number of carbonyl (C=O) groups excluding carboxylic acids is 1. The van der Waals surface area contributed by atoms with Gasteiger partial charge in [0, 0.05) is 26.7 Å². The van der Waals surface area contributed by atoms with Crippen molar-refractivity contribution in [2.24, 2.45) is 0 Å². The van der Waals surface area contributed by atoms with Crippen LogP contribution < -0.4 is 15.4 Å². The van der Waals surface area contributed by atoms with Crippen molar-refractivity contribution in [1.29, 1.82) is 0 Å². The number of para-hydroxylation sites is 2. The average Bonchev–Trinajstić information content (AvgIpc) is 2.43. The zero-order chi connectivity index (χ0) is 13.9. The maximum absolute atomic E-state index is 11.7. The second kappa shape index (κ2) is 9.35. The molecule has 2 N–H and O–H groups in total. The molecule has 1 amide bonds. The van der Waals surface area contributed by atoms with E-state index in [0.29, 0.717) is 24.4 Å². The molecule has 0 atom stereocenters. The minimum atomic E-state index is -0.0243. The molecule has 1 aromatic carbocycles. The molecule has 0 bridgehead atoms. The summed E-state index contributed by atoms with van der Waals surface area (Å²) >= 11 is 0. The molecule has 0 aliphatic carbocycles. The Morgan fingerprint density at radius 3 is 2.74 bits per heavy atom. The fraction of sp³-hybridized carbons (Fsp3) is 0.500. The summed E-state index contributed by atoms with van der Waals surface area (Å²) in [5, 5.41) is 6.03. The number of nitrogens with one attached hydrogen (secondary N) is 2. The lowest BCUT2D eigenvalue weighted by molar-refractivity contribution is -0.116. The van der Waals surface area contributed by atoms with Gasteiger partial charge in [0.25, 0.3) is 0 Å². The molecule has 0 heterocycles. The van der Waals surface area contributed by atoms with Gasteiger partial charge < -0.3 is 20.1 Å². The van der Waals surface area contributed by atoms with Crippen LogP contribution in [-0.2, 0) is 9.53 Å². The largest absolute Gasteiger partial charge is 0.495 e. The van der Waals surface area contributed by atoms with E-state index in [1.54, 1.807) is 14.2 Å². The molecule has 1 rings (SSSR count). The first-order chi connectivity index (χ1) is 9.27. The summed E-state index contributed by atoms with van der Waals surface area (Å²) in [6.45, 7) is 2.25. The summed E-state index contributed by atoms with van der Waals surface area (Å²) in [6.07, 6.45) is 1.38. The van der Waals surface area contributed by atoms with Crippen molar-refractivity contribution in [1.82, 2.24) is 5.32 Å². The van der Waals surface area contributed by atoms with Crippen LogP contribution in [0, 0.1) is 0 Å². The zero-order valence-corrected chi connectivity index (χ0v) is 11.6. The van der Waals surface area contributed by atoms with Crippen LogP contribution in [0.25, 0.3) is 0 Å². The maximum Gasteiger partial charge on any atom is 0.225 e. The number of carbonyl (C=O) groups is 1. The summed E-state index contributed by atoms with van der Waals surface area (Å²) in [4.78, 5) is 11.7. The SMILES string of the molecule is COCCCNCCC(=O)Nc1ccccc1OC. The maximum atomic E-state index is 11.7. The molecule has 0 fully saturated rings. The van der Waals surface area contributed by atoms with Crippen LogP contribution in [0.3, 0.4) is 0 Å². The van der Waals surface area contributed by atoms with Gasteiger partial charge in [-0.05, 0) is 25.1 Å². The molecule has 5 nitrogen and oxygen atoms in total. The van der Waals surface area contributed by atoms with Gasteiger partial charge in [-0.25, -0.2) is 0 Å². The highest BCUT2D eigenvalue weighted by atomic mass is 16.5. The Bertz CT molecular complexity index is 383. The van der Waals surface area contributed by atoms with Crippen molar-refractivity contribution in [3.63, 3.8) is 0 Å². The fourth-order valence-electron chi connectivity index (χ4n) is 1.63. The second-order valence-corrected chi connectivity index (χ2v) is 4.09. The first-order valence-electron chi connectivity index (χ1n) is 6.40. The summed E-state index contributed by atoms with van der Waals surface area (Å²) in [6, 6.07) is 7.37. The predicted octanol–water partition coefficient (Wildman–Crippen LogP) is 1.65. The highest BCUT2D eigenvalue weighted by Crippen LogP contribution is 2.22. The fourth-order valence-corrected chi connectivity index (χ4v) is 1.63. The van der Waals surface area contributed by atoms with Crippen LogP contribution in [0.2, 0.25) is 0 Å². The molecule has 5 heteroatoms. The van der Waals surface area contributed by atoms with E-state index in [2.05, 4.69) is 10.6 Å². The van der Waals surface area contributed by atoms with Crippen molar-refractivity contribution in [3.8, 4) is 5.75 Å². The highest BCUT2D eigenvalue weighted by molar-refractivity contribution is 5.92. The molecule has 106 valence electrons. The third-order valence-corrected chi connectivity index (χ3v) is 2.61. The van der Waals surface area contributed by atoms with Crippen LogP contribution >= 0.6 is 0 Å². The van der Waals surface area contributed by atoms with Crippen LogP contribution in [0.1, 0.15) is 12.8 Å². The quantitative estimate of drug-likeness (QED) is 0.667. The van der Waals surface area contributed by atoms with Gasteiger partial charge in [-0.15, -0.1) is 0 Å². The summed E-state index contributed by atoms with van der Waals surface area (Å²) < 4.78 is 10.1. The Labute approximate surface area is 114 Å². The molecule has 0 aliphatic heterocycles. The summed E-state index contributed by atoms with van der Waals surface area (Å²) in [7, 11) is 3.27. The lowest BCUT2D eigenvalue weighted by Gasteiger charge is -2.10. The van der Waals surface area contributed by atoms with Gasteiger partial charge in [0.2, 0.25) is 5.91 Å². The smallest absolute Gasteiger partial charge is 0.225 e. The van der Waals surface area contributed by atoms with E-state index in [1.807, 2.05) is 24.3 Å². The summed E-state index contributed by atoms with van der Waals surface area (Å²) in [5.74, 6) is 0.646. The molecule has 0 aromatic heterocycles. The van der Waals surface area contributed by atoms with Crippen molar-refractivity contribution in [2.75, 3.05) is 39.2 Å². The first kappa shape index (κ1) is 15.5. The van der Waals surface area contributed by atoms with Crippen LogP contribution in [0.15, 0.2) is 24.3 Å². The van der Waals surface area contributed by atoms with E-state index < -0.39 is 0 Å². The van der Waals surface area contributed by atoms with E-state index in [4.69, 9.17) is 9.47 Å². The van der Waals surface area contributed by atoms with Crippen LogP contribution in [-0.4, -0.2) is 39.8 Å². The third-order valence-electron chi connectivity index (χ3n) is 2.61. The second-order valence-electron chi connectivity index (χ2n) is 4.09. The molecule has 0 radical (unpaired) electrons. The van der Waals surface area contributed by atoms with Gasteiger partial charge in [0.1, 0.15) is 5.75 Å². The van der Waals surface area contributed by atoms with Gasteiger partial charge in [0.05, 0.1) is 12.8 Å². The molecule has 0 saturated carbocycles. The van der Waals surface area contributed by atoms with Crippen LogP contribution in [0.5, 0.6) is 5.75 Å². The number of hydrogen-bond donors (Lipinski definition) is 2. The van der Waals surface area contributed by atoms with Crippen molar-refractivity contribution in [2.45, 2.75) is 12.8 Å². The van der Waals surface area contributed by atoms with Crippen molar-refractivity contribution < 1.29 is 14.3 Å². The van der Waals surface area contributed by atoms with Gasteiger partial charge in [-0.2, -0.15) is 0 Å². The van der Waals surface area contributed by atoms with Gasteiger partial charge in [-0.1, -0.05) is 12.1 Å². The molecule has 0 spiro atoms. The number of anilines is 1. The molecule has 0 saturated heterocycles. The van der Waals surface area contributed by atoms with E-state index >= 15 is 0 Å². The predicted molar refractivity (Wildman–Crippen MR) is 75.6 cm³/mol. The lowest BCUT2D eigenvalue weighted by atomic mass is 10.2. The number of rotatable bonds is 9. The van der Waals surface area contributed by atoms with Crippen LogP contribution in [0.4, 0.5) is 5.69 Å². The van der Waals surface area contributed by atoms with E-state index in [1.165, 1.54) is 0 Å². The minimum Gasteiger partial charge on any atom is -0.495 e. The standard InChI is InChI=1S/C14H22N2O3/c1-18-11-5-9-15-10-8-14(17)16-12-6-3-4-7-13(12)19-2/h3-4,6-7,15H,5,8-11H2,1-2H3,(H,16,17). The molecule has 19 heavy (non-hydrogen) atoms. The Morgan fingerprint density at radius 2 is 2.00 bits per heavy atom. The average molecular weight is 266 g/mol. The molecule has 0 aliphatic rings. The van der Waals surface area contributed by atoms with Crippen molar-refractivity contribution >= 4 is 11.6 Å². The Balaban J connectivity index is 2.23. The number of methoxy groups -OCH3 is 2. The van der Waals surface area contributed by atoms with E-state index in [9.17, 15) is 4.79 Å². The first-order valence-corrected chi connectivity index (χ1v) is 6.40. The topological polar surface area (TPSA) is 59.6 Å². The third kappa shape index (κ3) is 6.22. The number of benzene rings is 1. The van der Waals surface area contributed by atoms with Gasteiger partial charge in [-0.3, -0.25) is 4.79 Å². The zero-order valence-electron chi connectivity index (χ0n) is 11.6. The lowest BCUT2D eigenvalue weighted by Crippen LogP contribution is -2.23. The number of ether oxygens (including phenoxy) is 2. The molecular formula is C14H22N2O3. The number of hydrogen-bond acceptors (Lipinski definition) is 4. The normalized spacial score (nSPS) is 10.2.